The zero-order chi connectivity index (χ0) is 12.3. The van der Waals surface area contributed by atoms with Crippen molar-refractivity contribution in [3.8, 4) is 0 Å². The first-order valence-corrected chi connectivity index (χ1v) is 6.77. The third-order valence-corrected chi connectivity index (χ3v) is 4.24. The normalized spacial score (nSPS) is 34.0. The molecule has 0 radical (unpaired) electrons. The van der Waals surface area contributed by atoms with Gasteiger partial charge < -0.3 is 15.4 Å². The summed E-state index contributed by atoms with van der Waals surface area (Å²) in [7, 11) is 1.72. The van der Waals surface area contributed by atoms with Crippen LogP contribution in [0.1, 0.15) is 38.5 Å². The van der Waals surface area contributed by atoms with Gasteiger partial charge in [-0.25, -0.2) is 0 Å². The SMILES string of the molecule is COC1CCN(C(=O)CC2CCCCC2N)C1. The average Bonchev–Trinajstić information content (AvgIpc) is 2.81. The Morgan fingerprint density at radius 2 is 2.12 bits per heavy atom. The summed E-state index contributed by atoms with van der Waals surface area (Å²) in [5.74, 6) is 0.671. The van der Waals surface area contributed by atoms with E-state index in [1.807, 2.05) is 4.90 Å². The topological polar surface area (TPSA) is 55.6 Å². The molecule has 0 aromatic carbocycles. The van der Waals surface area contributed by atoms with Crippen LogP contribution < -0.4 is 5.73 Å². The van der Waals surface area contributed by atoms with Crippen molar-refractivity contribution in [3.05, 3.63) is 0 Å². The number of hydrogen-bond donors (Lipinski definition) is 1. The Morgan fingerprint density at radius 1 is 1.35 bits per heavy atom. The van der Waals surface area contributed by atoms with Gasteiger partial charge in [-0.2, -0.15) is 0 Å². The van der Waals surface area contributed by atoms with Crippen LogP contribution in [0.4, 0.5) is 0 Å². The summed E-state index contributed by atoms with van der Waals surface area (Å²) < 4.78 is 5.28. The van der Waals surface area contributed by atoms with Gasteiger partial charge >= 0.3 is 0 Å². The highest BCUT2D eigenvalue weighted by atomic mass is 16.5. The maximum absolute atomic E-state index is 12.1. The van der Waals surface area contributed by atoms with Crippen molar-refractivity contribution in [1.82, 2.24) is 4.90 Å². The van der Waals surface area contributed by atoms with Crippen molar-refractivity contribution in [2.45, 2.75) is 50.7 Å². The molecule has 2 N–H and O–H groups in total. The molecule has 2 aliphatic rings. The van der Waals surface area contributed by atoms with Crippen molar-refractivity contribution < 1.29 is 9.53 Å². The Labute approximate surface area is 103 Å². The van der Waals surface area contributed by atoms with Crippen LogP contribution >= 0.6 is 0 Å². The van der Waals surface area contributed by atoms with Crippen LogP contribution in [0.15, 0.2) is 0 Å². The lowest BCUT2D eigenvalue weighted by Gasteiger charge is -2.29. The molecule has 2 rings (SSSR count). The predicted octanol–water partition coefficient (Wildman–Crippen LogP) is 1.14. The quantitative estimate of drug-likeness (QED) is 0.805. The van der Waals surface area contributed by atoms with Crippen LogP contribution in [-0.2, 0) is 9.53 Å². The molecule has 17 heavy (non-hydrogen) atoms. The highest BCUT2D eigenvalue weighted by Gasteiger charge is 2.30. The standard InChI is InChI=1S/C13H24N2O2/c1-17-11-6-7-15(9-11)13(16)8-10-4-2-3-5-12(10)14/h10-12H,2-9,14H2,1H3. The van der Waals surface area contributed by atoms with Gasteiger partial charge in [0, 0.05) is 32.7 Å². The summed E-state index contributed by atoms with van der Waals surface area (Å²) in [6.45, 7) is 1.61. The maximum Gasteiger partial charge on any atom is 0.222 e. The first-order chi connectivity index (χ1) is 8.20. The molecule has 4 nitrogen and oxygen atoms in total. The van der Waals surface area contributed by atoms with Gasteiger partial charge in [-0.3, -0.25) is 4.79 Å². The molecule has 1 heterocycles. The molecular formula is C13H24N2O2. The van der Waals surface area contributed by atoms with Gasteiger partial charge in [0.1, 0.15) is 0 Å². The van der Waals surface area contributed by atoms with E-state index in [0.717, 1.165) is 32.4 Å². The number of nitrogens with zero attached hydrogens (tertiary/aromatic N) is 1. The van der Waals surface area contributed by atoms with Crippen molar-refractivity contribution in [3.63, 3.8) is 0 Å². The molecule has 1 aliphatic heterocycles. The number of carbonyl (C=O) groups is 1. The fourth-order valence-electron chi connectivity index (χ4n) is 2.99. The lowest BCUT2D eigenvalue weighted by atomic mass is 9.83. The van der Waals surface area contributed by atoms with Crippen molar-refractivity contribution in [1.29, 1.82) is 0 Å². The molecule has 3 atom stereocenters. The zero-order valence-electron chi connectivity index (χ0n) is 10.7. The smallest absolute Gasteiger partial charge is 0.222 e. The van der Waals surface area contributed by atoms with Gasteiger partial charge in [-0.1, -0.05) is 12.8 Å². The van der Waals surface area contributed by atoms with Crippen molar-refractivity contribution in [2.75, 3.05) is 20.2 Å². The second kappa shape index (κ2) is 5.83. The molecule has 0 bridgehead atoms. The summed E-state index contributed by atoms with van der Waals surface area (Å²) in [4.78, 5) is 14.1. The number of likely N-dealkylation sites (tertiary alicyclic amines) is 1. The van der Waals surface area contributed by atoms with Crippen LogP contribution in [0.25, 0.3) is 0 Å². The second-order valence-corrected chi connectivity index (χ2v) is 5.40. The third kappa shape index (κ3) is 3.19. The highest BCUT2D eigenvalue weighted by molar-refractivity contribution is 5.76. The van der Waals surface area contributed by atoms with Crippen LogP contribution in [0.5, 0.6) is 0 Å². The molecule has 1 amide bonds. The predicted molar refractivity (Wildman–Crippen MR) is 66.5 cm³/mol. The molecule has 1 saturated heterocycles. The average molecular weight is 240 g/mol. The Morgan fingerprint density at radius 3 is 2.76 bits per heavy atom. The Bertz CT molecular complexity index is 270. The van der Waals surface area contributed by atoms with E-state index in [1.165, 1.54) is 12.8 Å². The molecule has 1 saturated carbocycles. The zero-order valence-corrected chi connectivity index (χ0v) is 10.7. The summed E-state index contributed by atoms with van der Waals surface area (Å²) in [6, 6.07) is 0.230. The van der Waals surface area contributed by atoms with Crippen LogP contribution in [0.2, 0.25) is 0 Å². The minimum Gasteiger partial charge on any atom is -0.380 e. The lowest BCUT2D eigenvalue weighted by molar-refractivity contribution is -0.132. The fraction of sp³-hybridized carbons (Fsp3) is 0.923. The van der Waals surface area contributed by atoms with Gasteiger partial charge in [-0.15, -0.1) is 0 Å². The molecule has 0 spiro atoms. The molecular weight excluding hydrogens is 216 g/mol. The fourth-order valence-corrected chi connectivity index (χ4v) is 2.99. The molecule has 4 heteroatoms. The van der Waals surface area contributed by atoms with Gasteiger partial charge in [0.2, 0.25) is 5.91 Å². The number of nitrogens with two attached hydrogens (primary N) is 1. The Hall–Kier alpha value is -0.610. The molecule has 3 unspecified atom stereocenters. The molecule has 1 aliphatic carbocycles. The van der Waals surface area contributed by atoms with Crippen LogP contribution in [0, 0.1) is 5.92 Å². The van der Waals surface area contributed by atoms with Crippen LogP contribution in [-0.4, -0.2) is 43.2 Å². The van der Waals surface area contributed by atoms with Gasteiger partial charge in [0.25, 0.3) is 0 Å². The molecule has 2 fully saturated rings. The highest BCUT2D eigenvalue weighted by Crippen LogP contribution is 2.27. The Balaban J connectivity index is 1.80. The molecule has 98 valence electrons. The van der Waals surface area contributed by atoms with Gasteiger partial charge in [0.15, 0.2) is 0 Å². The minimum absolute atomic E-state index is 0.230. The second-order valence-electron chi connectivity index (χ2n) is 5.40. The summed E-state index contributed by atoms with van der Waals surface area (Å²) >= 11 is 0. The van der Waals surface area contributed by atoms with E-state index >= 15 is 0 Å². The summed E-state index contributed by atoms with van der Waals surface area (Å²) in [5, 5.41) is 0. The van der Waals surface area contributed by atoms with Crippen LogP contribution in [0.3, 0.4) is 0 Å². The van der Waals surface area contributed by atoms with Crippen molar-refractivity contribution in [2.24, 2.45) is 11.7 Å². The summed E-state index contributed by atoms with van der Waals surface area (Å²) in [6.07, 6.45) is 6.50. The third-order valence-electron chi connectivity index (χ3n) is 4.24. The van der Waals surface area contributed by atoms with Gasteiger partial charge in [0.05, 0.1) is 6.10 Å². The largest absolute Gasteiger partial charge is 0.380 e. The maximum atomic E-state index is 12.1. The van der Waals surface area contributed by atoms with E-state index in [0.29, 0.717) is 12.3 Å². The Kier molecular flexibility index (Phi) is 4.40. The van der Waals surface area contributed by atoms with E-state index in [9.17, 15) is 4.79 Å². The van der Waals surface area contributed by atoms with Crippen molar-refractivity contribution >= 4 is 5.91 Å². The number of methoxy groups -OCH3 is 1. The number of rotatable bonds is 3. The number of ether oxygens (including phenoxy) is 1. The van der Waals surface area contributed by atoms with E-state index < -0.39 is 0 Å². The number of hydrogen-bond acceptors (Lipinski definition) is 3. The van der Waals surface area contributed by atoms with E-state index in [2.05, 4.69) is 0 Å². The van der Waals surface area contributed by atoms with Gasteiger partial charge in [-0.05, 0) is 25.2 Å². The number of amides is 1. The first kappa shape index (κ1) is 12.8. The van der Waals surface area contributed by atoms with E-state index in [4.69, 9.17) is 10.5 Å². The lowest BCUT2D eigenvalue weighted by Crippen LogP contribution is -2.38. The number of carbonyl (C=O) groups excluding carboxylic acids is 1. The minimum atomic E-state index is 0.230. The monoisotopic (exact) mass is 240 g/mol. The molecule has 0 aromatic heterocycles. The first-order valence-electron chi connectivity index (χ1n) is 6.77. The van der Waals surface area contributed by atoms with E-state index in [-0.39, 0.29) is 18.1 Å². The summed E-state index contributed by atoms with van der Waals surface area (Å²) in [5.41, 5.74) is 6.08. The van der Waals surface area contributed by atoms with E-state index in [1.54, 1.807) is 7.11 Å². The molecule has 0 aromatic rings.